The van der Waals surface area contributed by atoms with Crippen LogP contribution >= 0.6 is 0 Å². The lowest BCUT2D eigenvalue weighted by Gasteiger charge is -2.34. The van der Waals surface area contributed by atoms with Crippen LogP contribution < -0.4 is 0 Å². The number of fused-ring (bicyclic) bond motifs is 2. The molecule has 4 rings (SSSR count). The van der Waals surface area contributed by atoms with E-state index in [4.69, 9.17) is 0 Å². The summed E-state index contributed by atoms with van der Waals surface area (Å²) in [4.78, 5) is 0. The number of halogens is 4. The molecule has 2 atom stereocenters. The van der Waals surface area contributed by atoms with Gasteiger partial charge in [-0.05, 0) is 89.4 Å². The van der Waals surface area contributed by atoms with Gasteiger partial charge < -0.3 is 0 Å². The number of aryl methyl sites for hydroxylation is 1. The van der Waals surface area contributed by atoms with Crippen molar-refractivity contribution in [3.05, 3.63) is 22.8 Å². The molecular weight excluding hydrogens is 508 g/mol. The summed E-state index contributed by atoms with van der Waals surface area (Å²) in [6.07, 6.45) is 4.00. The second-order valence-electron chi connectivity index (χ2n) is 13.5. The van der Waals surface area contributed by atoms with E-state index in [1.165, 1.54) is 4.68 Å². The van der Waals surface area contributed by atoms with Gasteiger partial charge in [-0.2, -0.15) is 17.6 Å². The van der Waals surface area contributed by atoms with Crippen LogP contribution in [0.3, 0.4) is 0 Å². The molecule has 0 spiro atoms. The normalized spacial score (nSPS) is 23.3. The summed E-state index contributed by atoms with van der Waals surface area (Å²) in [6, 6.07) is -0.0149. The first-order valence-electron chi connectivity index (χ1n) is 14.6. The lowest BCUT2D eigenvalue weighted by Crippen LogP contribution is -2.29. The largest absolute Gasteiger partial charge is 0.293 e. The maximum Gasteiger partial charge on any atom is 0.293 e. The smallest absolute Gasteiger partial charge is 0.246 e. The van der Waals surface area contributed by atoms with E-state index in [0.29, 0.717) is 54.8 Å². The van der Waals surface area contributed by atoms with E-state index >= 15 is 0 Å². The number of nitrogens with zero attached hydrogens (tertiary/aromatic N) is 6. The van der Waals surface area contributed by atoms with E-state index in [9.17, 15) is 17.6 Å². The summed E-state index contributed by atoms with van der Waals surface area (Å²) in [5.41, 5.74) is 1.12. The monoisotopic (exact) mass is 556 g/mol. The highest BCUT2D eigenvalue weighted by Gasteiger charge is 2.43. The molecule has 0 fully saturated rings. The molecule has 10 heteroatoms. The minimum absolute atomic E-state index is 0.0415. The molecule has 0 saturated carbocycles. The van der Waals surface area contributed by atoms with Gasteiger partial charge in [0.25, 0.3) is 11.8 Å². The second-order valence-corrected chi connectivity index (χ2v) is 13.5. The fraction of sp³-hybridized carbons (Fsp3) is 0.862. The zero-order valence-corrected chi connectivity index (χ0v) is 25.2. The number of aromatic nitrogens is 6. The van der Waals surface area contributed by atoms with E-state index in [-0.39, 0.29) is 41.7 Å². The highest BCUT2D eigenvalue weighted by atomic mass is 19.3. The molecule has 39 heavy (non-hydrogen) atoms. The SMILES string of the molecule is CC(C)C1CCc2c(nnn2C(C)C)C(F)(F)CC1.CC(C)n1nnc2c1C(F)(F)CCC(C(C)(C)C)CC2. The predicted octanol–water partition coefficient (Wildman–Crippen LogP) is 8.29. The fourth-order valence-corrected chi connectivity index (χ4v) is 5.89. The summed E-state index contributed by atoms with van der Waals surface area (Å²) in [5, 5.41) is 15.7. The van der Waals surface area contributed by atoms with Crippen LogP contribution in [0.15, 0.2) is 0 Å². The Hall–Kier alpha value is -2.00. The van der Waals surface area contributed by atoms with E-state index in [0.717, 1.165) is 12.8 Å². The van der Waals surface area contributed by atoms with Crippen molar-refractivity contribution in [2.45, 2.75) is 138 Å². The van der Waals surface area contributed by atoms with Crippen molar-refractivity contribution in [1.82, 2.24) is 30.0 Å². The van der Waals surface area contributed by atoms with Crippen LogP contribution in [0.1, 0.15) is 136 Å². The summed E-state index contributed by atoms with van der Waals surface area (Å²) in [7, 11) is 0. The zero-order valence-electron chi connectivity index (χ0n) is 25.2. The van der Waals surface area contributed by atoms with Gasteiger partial charge in [0.15, 0.2) is 5.69 Å². The topological polar surface area (TPSA) is 61.4 Å². The van der Waals surface area contributed by atoms with Crippen LogP contribution in [-0.2, 0) is 24.7 Å². The molecule has 222 valence electrons. The Morgan fingerprint density at radius 1 is 0.744 bits per heavy atom. The molecular formula is C29H48F4N6. The third kappa shape index (κ3) is 7.20. The van der Waals surface area contributed by atoms with Crippen molar-refractivity contribution in [3.63, 3.8) is 0 Å². The van der Waals surface area contributed by atoms with Crippen LogP contribution in [0.4, 0.5) is 17.6 Å². The third-order valence-electron chi connectivity index (χ3n) is 8.51. The minimum atomic E-state index is -2.84. The van der Waals surface area contributed by atoms with Gasteiger partial charge in [-0.3, -0.25) is 0 Å². The Bertz CT molecular complexity index is 1080. The van der Waals surface area contributed by atoms with Crippen LogP contribution in [0.5, 0.6) is 0 Å². The van der Waals surface area contributed by atoms with Gasteiger partial charge in [-0.15, -0.1) is 10.2 Å². The summed E-state index contributed by atoms with van der Waals surface area (Å²) in [5.74, 6) is -4.57. The lowest BCUT2D eigenvalue weighted by atomic mass is 9.73. The van der Waals surface area contributed by atoms with E-state index in [1.807, 2.05) is 27.7 Å². The average molecular weight is 557 g/mol. The lowest BCUT2D eigenvalue weighted by molar-refractivity contribution is -0.0369. The van der Waals surface area contributed by atoms with Crippen molar-refractivity contribution in [2.75, 3.05) is 0 Å². The summed E-state index contributed by atoms with van der Waals surface area (Å²) >= 11 is 0. The number of hydrogen-bond donors (Lipinski definition) is 0. The van der Waals surface area contributed by atoms with Crippen molar-refractivity contribution < 1.29 is 17.6 Å². The Labute approximate surface area is 231 Å². The molecule has 2 aromatic heterocycles. The molecule has 0 aromatic carbocycles. The van der Waals surface area contributed by atoms with Crippen molar-refractivity contribution in [2.24, 2.45) is 23.2 Å². The quantitative estimate of drug-likeness (QED) is 0.357. The molecule has 2 heterocycles. The van der Waals surface area contributed by atoms with Gasteiger partial charge in [0.05, 0.1) is 11.4 Å². The maximum absolute atomic E-state index is 14.6. The molecule has 0 saturated heterocycles. The van der Waals surface area contributed by atoms with Crippen molar-refractivity contribution >= 4 is 0 Å². The van der Waals surface area contributed by atoms with E-state index in [1.54, 1.807) is 4.68 Å². The molecule has 0 aliphatic heterocycles. The molecule has 2 unspecified atom stereocenters. The van der Waals surface area contributed by atoms with Gasteiger partial charge in [-0.25, -0.2) is 9.36 Å². The number of hydrogen-bond acceptors (Lipinski definition) is 4. The van der Waals surface area contributed by atoms with Crippen molar-refractivity contribution in [1.29, 1.82) is 0 Å². The molecule has 0 amide bonds. The number of alkyl halides is 4. The summed E-state index contributed by atoms with van der Waals surface area (Å²) in [6.45, 7) is 18.2. The van der Waals surface area contributed by atoms with E-state index < -0.39 is 11.8 Å². The Morgan fingerprint density at radius 2 is 1.33 bits per heavy atom. The number of rotatable bonds is 3. The van der Waals surface area contributed by atoms with Gasteiger partial charge in [0, 0.05) is 24.9 Å². The average Bonchev–Trinajstić information content (AvgIpc) is 3.41. The maximum atomic E-state index is 14.6. The highest BCUT2D eigenvalue weighted by molar-refractivity contribution is 5.19. The van der Waals surface area contributed by atoms with Crippen LogP contribution in [0, 0.1) is 23.2 Å². The van der Waals surface area contributed by atoms with Crippen LogP contribution in [0.2, 0.25) is 0 Å². The molecule has 2 aromatic rings. The first-order chi connectivity index (χ1) is 18.0. The standard InChI is InChI=1S/C15H25F2N3.C14H23F2N3/c1-10(2)20-13-12(18-19-20)7-6-11(14(3,4)5)8-9-15(13,16)17;1-9(2)11-5-6-12-13(14(15,16)8-7-11)17-18-19(12)10(3)4/h10-11H,6-9H2,1-5H3;9-11H,5-8H2,1-4H3. The Morgan fingerprint density at radius 3 is 1.90 bits per heavy atom. The second kappa shape index (κ2) is 11.9. The van der Waals surface area contributed by atoms with Gasteiger partial charge in [-0.1, -0.05) is 45.0 Å². The Kier molecular flexibility index (Phi) is 9.58. The third-order valence-corrected chi connectivity index (χ3v) is 8.51. The molecule has 0 N–H and O–H groups in total. The fourth-order valence-electron chi connectivity index (χ4n) is 5.89. The highest BCUT2D eigenvalue weighted by Crippen LogP contribution is 2.44. The zero-order chi connectivity index (χ0) is 29.3. The van der Waals surface area contributed by atoms with Crippen LogP contribution in [-0.4, -0.2) is 30.0 Å². The minimum Gasteiger partial charge on any atom is -0.246 e. The molecule has 0 radical (unpaired) electrons. The molecule has 6 nitrogen and oxygen atoms in total. The molecule has 0 bridgehead atoms. The van der Waals surface area contributed by atoms with E-state index in [2.05, 4.69) is 55.2 Å². The Balaban J connectivity index is 0.000000216. The van der Waals surface area contributed by atoms with Crippen molar-refractivity contribution in [3.8, 4) is 0 Å². The van der Waals surface area contributed by atoms with Crippen LogP contribution in [0.25, 0.3) is 0 Å². The molecule has 2 aliphatic rings. The van der Waals surface area contributed by atoms with Gasteiger partial charge in [0.2, 0.25) is 0 Å². The van der Waals surface area contributed by atoms with Gasteiger partial charge >= 0.3 is 0 Å². The predicted molar refractivity (Wildman–Crippen MR) is 145 cm³/mol. The molecule has 2 aliphatic carbocycles. The first-order valence-corrected chi connectivity index (χ1v) is 14.6. The summed E-state index contributed by atoms with van der Waals surface area (Å²) < 4.78 is 60.6. The first kappa shape index (κ1) is 31.5. The van der Waals surface area contributed by atoms with Gasteiger partial charge in [0.1, 0.15) is 5.69 Å².